The molecule has 2 aromatic rings. The van der Waals surface area contributed by atoms with Crippen LogP contribution in [0.2, 0.25) is 0 Å². The molecule has 2 nitrogen and oxygen atoms in total. The zero-order chi connectivity index (χ0) is 12.2. The van der Waals surface area contributed by atoms with E-state index < -0.39 is 0 Å². The van der Waals surface area contributed by atoms with Crippen molar-refractivity contribution in [3.8, 4) is 0 Å². The Morgan fingerprint density at radius 3 is 1.24 bits per heavy atom. The van der Waals surface area contributed by atoms with E-state index in [0.717, 1.165) is 9.28 Å². The summed E-state index contributed by atoms with van der Waals surface area (Å²) in [6.07, 6.45) is 3.62. The summed E-state index contributed by atoms with van der Waals surface area (Å²) in [5.74, 6) is 0. The predicted octanol–water partition coefficient (Wildman–Crippen LogP) is 5.88. The average molecular weight is 604 g/mol. The molecule has 0 saturated carbocycles. The largest absolute Gasteiger partial charge is 0.353 e. The van der Waals surface area contributed by atoms with E-state index in [2.05, 4.69) is 47.2 Å². The molecule has 0 aliphatic carbocycles. The van der Waals surface area contributed by atoms with E-state index >= 15 is 0 Å². The zero-order valence-electron chi connectivity index (χ0n) is 8.60. The first-order chi connectivity index (χ1) is 7.79. The van der Waals surface area contributed by atoms with E-state index in [1.807, 2.05) is 48.8 Å². The lowest BCUT2D eigenvalue weighted by molar-refractivity contribution is 1.30. The molecule has 2 heterocycles. The number of aromatic amines is 2. The molecule has 0 spiro atoms. The van der Waals surface area contributed by atoms with Crippen molar-refractivity contribution in [3.63, 3.8) is 0 Å². The van der Waals surface area contributed by atoms with Gasteiger partial charge in [-0.1, -0.05) is 36.6 Å². The molecule has 17 heavy (non-hydrogen) atoms. The number of aromatic nitrogens is 2. The molecule has 0 aromatic carbocycles. The van der Waals surface area contributed by atoms with E-state index in [9.17, 15) is 0 Å². The minimum atomic E-state index is 0. The molecule has 0 saturated heterocycles. The first-order valence-electron chi connectivity index (χ1n) is 4.21. The standard InChI is InChI=1S/2C5H5NS.I2.HI/c2*7-5-3-1-2-4-6-5;1-2;/h2*1-4H,(H,6,7);;1H. The second-order valence-corrected chi connectivity index (χ2v) is 3.33. The normalized spacial score (nSPS) is 7.41. The Labute approximate surface area is 151 Å². The molecule has 7 heteroatoms. The Hall–Kier alpha value is 0.930. The fourth-order valence-corrected chi connectivity index (χ4v) is 1.05. The van der Waals surface area contributed by atoms with Crippen LogP contribution in [-0.2, 0) is 0 Å². The van der Waals surface area contributed by atoms with Crippen molar-refractivity contribution in [3.05, 3.63) is 58.1 Å². The number of halogens is 3. The molecule has 0 bridgehead atoms. The number of hydrogen-bond donors (Lipinski definition) is 2. The van der Waals surface area contributed by atoms with E-state index in [0.29, 0.717) is 0 Å². The first-order valence-corrected chi connectivity index (χ1v) is 11.3. The summed E-state index contributed by atoms with van der Waals surface area (Å²) in [6, 6.07) is 11.3. The second kappa shape index (κ2) is 15.0. The molecular formula is C10H11I3N2S2. The van der Waals surface area contributed by atoms with Crippen LogP contribution in [0.15, 0.2) is 48.8 Å². The average Bonchev–Trinajstić information content (AvgIpc) is 2.34. The Bertz CT molecular complexity index is 404. The zero-order valence-corrected chi connectivity index (χ0v) is 16.9. The topological polar surface area (TPSA) is 31.6 Å². The molecule has 2 N–H and O–H groups in total. The maximum absolute atomic E-state index is 4.76. The van der Waals surface area contributed by atoms with Crippen molar-refractivity contribution in [2.24, 2.45) is 0 Å². The van der Waals surface area contributed by atoms with Crippen LogP contribution in [0, 0.1) is 9.28 Å². The first kappa shape index (κ1) is 20.3. The van der Waals surface area contributed by atoms with Crippen molar-refractivity contribution >= 4 is 85.6 Å². The Kier molecular flexibility index (Phi) is 17.9. The van der Waals surface area contributed by atoms with Crippen LogP contribution in [0.4, 0.5) is 0 Å². The number of pyridine rings is 2. The van der Waals surface area contributed by atoms with Gasteiger partial charge in [0.2, 0.25) is 0 Å². The lowest BCUT2D eigenvalue weighted by Gasteiger charge is -1.76. The fourth-order valence-electron chi connectivity index (χ4n) is 0.754. The molecule has 94 valence electrons. The predicted molar refractivity (Wildman–Crippen MR) is 107 cm³/mol. The highest BCUT2D eigenvalue weighted by atomic mass is 128. The summed E-state index contributed by atoms with van der Waals surface area (Å²) in [5, 5.41) is 0. The lowest BCUT2D eigenvalue weighted by atomic mass is 10.5. The van der Waals surface area contributed by atoms with Gasteiger partial charge in [-0.25, -0.2) is 0 Å². The highest BCUT2D eigenvalue weighted by Crippen LogP contribution is 1.89. The molecule has 0 atom stereocenters. The van der Waals surface area contributed by atoms with Crippen LogP contribution in [-0.4, -0.2) is 9.97 Å². The van der Waals surface area contributed by atoms with Gasteiger partial charge in [0.1, 0.15) is 9.28 Å². The van der Waals surface area contributed by atoms with Gasteiger partial charge in [-0.3, -0.25) is 0 Å². The van der Waals surface area contributed by atoms with Crippen LogP contribution in [0.1, 0.15) is 0 Å². The van der Waals surface area contributed by atoms with E-state index in [1.54, 1.807) is 0 Å². The third-order valence-corrected chi connectivity index (χ3v) is 1.87. The molecule has 2 rings (SSSR count). The maximum Gasteiger partial charge on any atom is 0.103 e. The number of nitrogens with one attached hydrogen (secondary N) is 2. The van der Waals surface area contributed by atoms with Crippen LogP contribution in [0.5, 0.6) is 0 Å². The molecule has 0 aliphatic rings. The number of H-pyrrole nitrogens is 2. The number of rotatable bonds is 0. The highest BCUT2D eigenvalue weighted by Gasteiger charge is 1.66. The summed E-state index contributed by atoms with van der Waals surface area (Å²) in [6.45, 7) is 0. The quantitative estimate of drug-likeness (QED) is 0.291. The van der Waals surface area contributed by atoms with Crippen LogP contribution in [0.3, 0.4) is 0 Å². The van der Waals surface area contributed by atoms with Crippen molar-refractivity contribution in [2.45, 2.75) is 0 Å². The SMILES string of the molecule is I.II.S=c1cccc[nH]1.S=c1cccc[nH]1. The van der Waals surface area contributed by atoms with Crippen LogP contribution < -0.4 is 0 Å². The lowest BCUT2D eigenvalue weighted by Crippen LogP contribution is -1.64. The third-order valence-electron chi connectivity index (χ3n) is 1.36. The summed E-state index contributed by atoms with van der Waals surface area (Å²) < 4.78 is 1.56. The third kappa shape index (κ3) is 13.2. The van der Waals surface area contributed by atoms with E-state index in [-0.39, 0.29) is 24.0 Å². The van der Waals surface area contributed by atoms with Gasteiger partial charge in [0.05, 0.1) is 0 Å². The van der Waals surface area contributed by atoms with E-state index in [1.165, 1.54) is 0 Å². The summed E-state index contributed by atoms with van der Waals surface area (Å²) in [7, 11) is 0. The van der Waals surface area contributed by atoms with Gasteiger partial charge in [0, 0.05) is 49.6 Å². The molecular weight excluding hydrogens is 593 g/mol. The minimum absolute atomic E-state index is 0. The molecule has 0 radical (unpaired) electrons. The van der Waals surface area contributed by atoms with Crippen LogP contribution in [0.25, 0.3) is 0 Å². The van der Waals surface area contributed by atoms with Crippen molar-refractivity contribution in [1.29, 1.82) is 0 Å². The molecule has 2 aromatic heterocycles. The summed E-state index contributed by atoms with van der Waals surface area (Å²) >= 11 is 13.8. The minimum Gasteiger partial charge on any atom is -0.353 e. The van der Waals surface area contributed by atoms with Gasteiger partial charge in [-0.05, 0) is 24.3 Å². The van der Waals surface area contributed by atoms with Gasteiger partial charge in [-0.2, -0.15) is 0 Å². The fraction of sp³-hybridized carbons (Fsp3) is 0. The Balaban J connectivity index is 0. The van der Waals surface area contributed by atoms with Gasteiger partial charge in [0.25, 0.3) is 0 Å². The van der Waals surface area contributed by atoms with Gasteiger partial charge in [-0.15, -0.1) is 24.0 Å². The van der Waals surface area contributed by atoms with Gasteiger partial charge >= 0.3 is 0 Å². The molecule has 0 fully saturated rings. The van der Waals surface area contributed by atoms with Gasteiger partial charge in [0.15, 0.2) is 0 Å². The van der Waals surface area contributed by atoms with Crippen molar-refractivity contribution in [1.82, 2.24) is 9.97 Å². The maximum atomic E-state index is 4.76. The summed E-state index contributed by atoms with van der Waals surface area (Å²) in [5.41, 5.74) is 0. The second-order valence-electron chi connectivity index (χ2n) is 2.45. The van der Waals surface area contributed by atoms with E-state index in [4.69, 9.17) is 24.4 Å². The molecule has 0 aliphatic heterocycles. The van der Waals surface area contributed by atoms with Crippen molar-refractivity contribution in [2.75, 3.05) is 0 Å². The van der Waals surface area contributed by atoms with Crippen LogP contribution >= 0.6 is 85.6 Å². The Morgan fingerprint density at radius 2 is 1.12 bits per heavy atom. The highest BCUT2D eigenvalue weighted by molar-refractivity contribution is 15.0. The molecule has 0 unspecified atom stereocenters. The number of hydrogen-bond acceptors (Lipinski definition) is 2. The monoisotopic (exact) mass is 604 g/mol. The van der Waals surface area contributed by atoms with Crippen molar-refractivity contribution < 1.29 is 0 Å². The van der Waals surface area contributed by atoms with Gasteiger partial charge < -0.3 is 9.97 Å². The smallest absolute Gasteiger partial charge is 0.103 e. The Morgan fingerprint density at radius 1 is 0.765 bits per heavy atom. The molecule has 0 amide bonds. The summed E-state index contributed by atoms with van der Waals surface area (Å²) in [4.78, 5) is 5.69.